The number of alkyl halides is 4. The number of carbonyl (C=O) groups excluding carboxylic acids is 1. The third kappa shape index (κ3) is 6.08. The summed E-state index contributed by atoms with van der Waals surface area (Å²) < 4.78 is 106. The number of anilines is 2. The van der Waals surface area contributed by atoms with E-state index in [1.165, 1.54) is 0 Å². The van der Waals surface area contributed by atoms with Crippen LogP contribution in [0.15, 0.2) is 56.4 Å². The molecule has 0 saturated carbocycles. The van der Waals surface area contributed by atoms with Gasteiger partial charge in [0, 0.05) is 11.8 Å². The maximum absolute atomic E-state index is 13.6. The van der Waals surface area contributed by atoms with Gasteiger partial charge in [0.1, 0.15) is 22.2 Å². The van der Waals surface area contributed by atoms with E-state index in [0.29, 0.717) is 24.3 Å². The maximum atomic E-state index is 13.6. The molecule has 12 nitrogen and oxygen atoms in total. The molecule has 0 bridgehead atoms. The summed E-state index contributed by atoms with van der Waals surface area (Å²) in [4.78, 5) is 9.50. The molecule has 3 rings (SSSR count). The number of rotatable bonds is 6. The standard InChI is InChI=1S/C19H14ClF3N4O8S2/c20-7-15(29)25-9-1-2-12(11(5-9)19(21,22)23)26-27-18-16-8(4-14(17(18)24)37(33,34)35)3-10(6-13(16)28)36(30,31)32/h1-6,28H,7,24H2,(H,25,29)(H,30,31,32)(H,33,34,35). The number of nitrogens with one attached hydrogen (secondary N) is 1. The van der Waals surface area contributed by atoms with Gasteiger partial charge in [-0.2, -0.15) is 30.0 Å². The predicted molar refractivity (Wildman–Crippen MR) is 125 cm³/mol. The first-order valence-electron chi connectivity index (χ1n) is 9.46. The van der Waals surface area contributed by atoms with Crippen molar-refractivity contribution in [3.63, 3.8) is 0 Å². The van der Waals surface area contributed by atoms with Crippen LogP contribution in [-0.2, 0) is 31.2 Å². The highest BCUT2D eigenvalue weighted by molar-refractivity contribution is 7.86. The van der Waals surface area contributed by atoms with Crippen LogP contribution >= 0.6 is 11.6 Å². The zero-order chi connectivity index (χ0) is 27.9. The Morgan fingerprint density at radius 2 is 1.68 bits per heavy atom. The number of aromatic hydroxyl groups is 1. The molecule has 6 N–H and O–H groups in total. The molecule has 0 aromatic heterocycles. The van der Waals surface area contributed by atoms with Crippen molar-refractivity contribution in [3.05, 3.63) is 42.0 Å². The average molecular weight is 583 g/mol. The Hall–Kier alpha value is -3.51. The monoisotopic (exact) mass is 582 g/mol. The van der Waals surface area contributed by atoms with E-state index in [9.17, 15) is 49.0 Å². The van der Waals surface area contributed by atoms with Crippen LogP contribution in [0.1, 0.15) is 5.56 Å². The van der Waals surface area contributed by atoms with Crippen molar-refractivity contribution >= 4 is 71.3 Å². The van der Waals surface area contributed by atoms with Crippen molar-refractivity contribution in [1.29, 1.82) is 0 Å². The number of carbonyl (C=O) groups is 1. The van der Waals surface area contributed by atoms with Crippen molar-refractivity contribution in [3.8, 4) is 5.75 Å². The number of nitrogen functional groups attached to an aromatic ring is 1. The second kappa shape index (κ2) is 9.75. The molecule has 0 aliphatic heterocycles. The maximum Gasteiger partial charge on any atom is 0.418 e. The van der Waals surface area contributed by atoms with Crippen molar-refractivity contribution in [2.45, 2.75) is 16.0 Å². The van der Waals surface area contributed by atoms with Crippen LogP contribution in [0, 0.1) is 0 Å². The number of hydrogen-bond donors (Lipinski definition) is 5. The van der Waals surface area contributed by atoms with Crippen LogP contribution in [0.2, 0.25) is 0 Å². The number of halogens is 4. The number of nitrogens with two attached hydrogens (primary N) is 1. The van der Waals surface area contributed by atoms with Crippen molar-refractivity contribution < 1.29 is 49.0 Å². The topological polar surface area (TPSA) is 209 Å². The summed E-state index contributed by atoms with van der Waals surface area (Å²) >= 11 is 5.33. The molecule has 0 atom stereocenters. The quantitative estimate of drug-likeness (QED) is 0.122. The fourth-order valence-corrected chi connectivity index (χ4v) is 4.41. The molecule has 37 heavy (non-hydrogen) atoms. The molecule has 1 amide bonds. The molecular weight excluding hydrogens is 569 g/mol. The van der Waals surface area contributed by atoms with Crippen LogP contribution in [0.4, 0.5) is 35.9 Å². The molecule has 0 unspecified atom stereocenters. The molecule has 3 aromatic rings. The highest BCUT2D eigenvalue weighted by atomic mass is 35.5. The van der Waals surface area contributed by atoms with Gasteiger partial charge in [0.25, 0.3) is 20.2 Å². The first kappa shape index (κ1) is 28.1. The molecule has 0 saturated heterocycles. The summed E-state index contributed by atoms with van der Waals surface area (Å²) in [5, 5.41) is 18.6. The van der Waals surface area contributed by atoms with Gasteiger partial charge >= 0.3 is 6.18 Å². The first-order valence-corrected chi connectivity index (χ1v) is 12.9. The molecule has 0 aliphatic rings. The first-order chi connectivity index (χ1) is 16.9. The lowest BCUT2D eigenvalue weighted by molar-refractivity contribution is -0.137. The van der Waals surface area contributed by atoms with E-state index in [0.717, 1.165) is 12.1 Å². The van der Waals surface area contributed by atoms with Gasteiger partial charge in [-0.05, 0) is 35.7 Å². The normalized spacial score (nSPS) is 12.8. The molecule has 198 valence electrons. The Labute approximate surface area is 211 Å². The van der Waals surface area contributed by atoms with E-state index >= 15 is 0 Å². The lowest BCUT2D eigenvalue weighted by Gasteiger charge is -2.13. The van der Waals surface area contributed by atoms with Crippen LogP contribution in [0.3, 0.4) is 0 Å². The molecule has 0 radical (unpaired) electrons. The van der Waals surface area contributed by atoms with Crippen molar-refractivity contribution in [2.24, 2.45) is 10.2 Å². The van der Waals surface area contributed by atoms with Crippen molar-refractivity contribution in [1.82, 2.24) is 0 Å². The fraction of sp³-hybridized carbons (Fsp3) is 0.105. The summed E-state index contributed by atoms with van der Waals surface area (Å²) in [6, 6.07) is 4.30. The number of phenolic OH excluding ortho intramolecular Hbond substituents is 1. The Balaban J connectivity index is 2.31. The molecule has 0 spiro atoms. The van der Waals surface area contributed by atoms with Gasteiger partial charge in [-0.1, -0.05) is 0 Å². The Morgan fingerprint density at radius 1 is 1.03 bits per heavy atom. The predicted octanol–water partition coefficient (Wildman–Crippen LogP) is 4.23. The highest BCUT2D eigenvalue weighted by Crippen LogP contribution is 2.45. The van der Waals surface area contributed by atoms with Gasteiger partial charge in [0.05, 0.1) is 27.2 Å². The third-order valence-corrected chi connectivity index (χ3v) is 6.67. The lowest BCUT2D eigenvalue weighted by Crippen LogP contribution is -2.13. The zero-order valence-electron chi connectivity index (χ0n) is 17.9. The number of azo groups is 1. The molecule has 3 aromatic carbocycles. The van der Waals surface area contributed by atoms with E-state index in [1.54, 1.807) is 0 Å². The van der Waals surface area contributed by atoms with E-state index < -0.39 is 87.1 Å². The van der Waals surface area contributed by atoms with E-state index in [4.69, 9.17) is 17.3 Å². The van der Waals surface area contributed by atoms with Crippen LogP contribution in [0.25, 0.3) is 10.8 Å². The summed E-state index contributed by atoms with van der Waals surface area (Å²) in [6.45, 7) is 0. The second-order valence-electron chi connectivity index (χ2n) is 7.24. The number of amides is 1. The highest BCUT2D eigenvalue weighted by Gasteiger charge is 2.34. The second-order valence-corrected chi connectivity index (χ2v) is 10.3. The minimum absolute atomic E-state index is 0.273. The third-order valence-electron chi connectivity index (χ3n) is 4.71. The number of nitrogens with zero attached hydrogens (tertiary/aromatic N) is 2. The van der Waals surface area contributed by atoms with E-state index in [-0.39, 0.29) is 5.69 Å². The van der Waals surface area contributed by atoms with Crippen LogP contribution in [-0.4, -0.2) is 42.8 Å². The van der Waals surface area contributed by atoms with Gasteiger partial charge in [0.2, 0.25) is 5.91 Å². The van der Waals surface area contributed by atoms with Crippen LogP contribution in [0.5, 0.6) is 5.75 Å². The zero-order valence-corrected chi connectivity index (χ0v) is 20.2. The summed E-state index contributed by atoms with van der Waals surface area (Å²) in [5.41, 5.74) is 1.70. The molecular formula is C19H14ClF3N4O8S2. The molecule has 0 heterocycles. The summed E-state index contributed by atoms with van der Waals surface area (Å²) in [6.07, 6.45) is -5.01. The van der Waals surface area contributed by atoms with Gasteiger partial charge in [-0.25, -0.2) is 0 Å². The largest absolute Gasteiger partial charge is 0.507 e. The summed E-state index contributed by atoms with van der Waals surface area (Å²) in [7, 11) is -9.99. The smallest absolute Gasteiger partial charge is 0.418 e. The van der Waals surface area contributed by atoms with E-state index in [1.807, 2.05) is 0 Å². The lowest BCUT2D eigenvalue weighted by atomic mass is 10.1. The molecule has 0 fully saturated rings. The number of benzene rings is 3. The Morgan fingerprint density at radius 3 is 2.22 bits per heavy atom. The Bertz CT molecular complexity index is 1680. The van der Waals surface area contributed by atoms with Gasteiger partial charge in [-0.15, -0.1) is 21.8 Å². The molecule has 0 aliphatic carbocycles. The van der Waals surface area contributed by atoms with Crippen LogP contribution < -0.4 is 11.1 Å². The van der Waals surface area contributed by atoms with Gasteiger partial charge in [-0.3, -0.25) is 13.9 Å². The summed E-state index contributed by atoms with van der Waals surface area (Å²) in [5.74, 6) is -2.23. The minimum atomic E-state index is -5.09. The SMILES string of the molecule is Nc1c(S(=O)(=O)O)cc2cc(S(=O)(=O)O)cc(O)c2c1N=Nc1ccc(NC(=O)CCl)cc1C(F)(F)F. The minimum Gasteiger partial charge on any atom is -0.507 e. The Kier molecular flexibility index (Phi) is 7.39. The fourth-order valence-electron chi connectivity index (χ4n) is 3.16. The number of hydrogen-bond acceptors (Lipinski definition) is 9. The average Bonchev–Trinajstić information content (AvgIpc) is 2.76. The van der Waals surface area contributed by atoms with Gasteiger partial charge in [0.15, 0.2) is 0 Å². The van der Waals surface area contributed by atoms with E-state index in [2.05, 4.69) is 15.5 Å². The number of fused-ring (bicyclic) bond motifs is 1. The van der Waals surface area contributed by atoms with Gasteiger partial charge < -0.3 is 16.2 Å². The molecule has 18 heteroatoms. The number of phenols is 1. The van der Waals surface area contributed by atoms with Crippen molar-refractivity contribution in [2.75, 3.05) is 16.9 Å².